The highest BCUT2D eigenvalue weighted by Gasteiger charge is 2.10. The molecule has 0 unspecified atom stereocenters. The number of nitrogens with one attached hydrogen (secondary N) is 2. The fraction of sp³-hybridized carbons (Fsp3) is 0.765. The molecule has 0 aromatic carbocycles. The van der Waals surface area contributed by atoms with E-state index in [1.807, 2.05) is 0 Å². The minimum atomic E-state index is -3.79. The molecular formula is C17H34N3O4P. The molecule has 4 N–H and O–H groups in total. The number of hydrogen-bond acceptors (Lipinski definition) is 3. The number of carbonyl (C=O) groups excluding carboxylic acids is 1. The first-order valence-electron chi connectivity index (χ1n) is 9.14. The molecule has 0 saturated heterocycles. The van der Waals surface area contributed by atoms with E-state index in [0.29, 0.717) is 6.42 Å². The monoisotopic (exact) mass is 375 g/mol. The number of unbranched alkanes of at least 4 members (excludes halogenated alkanes) is 9. The molecule has 0 aliphatic carbocycles. The molecule has 146 valence electrons. The summed E-state index contributed by atoms with van der Waals surface area (Å²) in [6, 6.07) is -0.308. The lowest BCUT2D eigenvalue weighted by Crippen LogP contribution is -2.28. The van der Waals surface area contributed by atoms with Crippen molar-refractivity contribution in [2.75, 3.05) is 13.2 Å². The van der Waals surface area contributed by atoms with Gasteiger partial charge in [-0.2, -0.15) is 5.10 Å². The van der Waals surface area contributed by atoms with Crippen LogP contribution in [-0.2, 0) is 4.57 Å². The lowest BCUT2D eigenvalue weighted by Gasteiger charge is -2.03. The number of allylic oxidation sites excluding steroid dienone is 2. The lowest BCUT2D eigenvalue weighted by atomic mass is 10.1. The molecule has 0 bridgehead atoms. The van der Waals surface area contributed by atoms with Gasteiger partial charge in [0.05, 0.1) is 0 Å². The molecule has 8 heteroatoms. The Hall–Kier alpha value is -1.17. The van der Waals surface area contributed by atoms with Crippen LogP contribution < -0.4 is 10.7 Å². The Morgan fingerprint density at radius 3 is 2.08 bits per heavy atom. The number of amides is 2. The second-order valence-corrected chi connectivity index (χ2v) is 7.83. The van der Waals surface area contributed by atoms with Crippen LogP contribution in [0.5, 0.6) is 0 Å². The first kappa shape index (κ1) is 23.8. The van der Waals surface area contributed by atoms with Gasteiger partial charge < -0.3 is 15.1 Å². The fourth-order valence-corrected chi connectivity index (χ4v) is 2.89. The molecule has 7 nitrogen and oxygen atoms in total. The highest BCUT2D eigenvalue weighted by atomic mass is 31.2. The zero-order chi connectivity index (χ0) is 18.8. The summed E-state index contributed by atoms with van der Waals surface area (Å²) < 4.78 is 10.7. The van der Waals surface area contributed by atoms with Crippen molar-refractivity contribution in [2.45, 2.75) is 70.6 Å². The van der Waals surface area contributed by atoms with Crippen molar-refractivity contribution < 1.29 is 19.1 Å². The van der Waals surface area contributed by atoms with Crippen LogP contribution in [0.1, 0.15) is 70.6 Å². The van der Waals surface area contributed by atoms with E-state index in [-0.39, 0.29) is 12.2 Å². The minimum Gasteiger partial charge on any atom is -0.340 e. The van der Waals surface area contributed by atoms with Crippen LogP contribution in [0.3, 0.4) is 0 Å². The molecule has 25 heavy (non-hydrogen) atoms. The van der Waals surface area contributed by atoms with Gasteiger partial charge in [-0.1, -0.05) is 44.3 Å². The van der Waals surface area contributed by atoms with Crippen LogP contribution in [-0.4, -0.2) is 35.2 Å². The normalized spacial score (nSPS) is 12.1. The molecule has 0 aromatic rings. The maximum Gasteiger partial charge on any atom is 0.334 e. The third-order valence-corrected chi connectivity index (χ3v) is 4.57. The Balaban J connectivity index is 3.25. The third kappa shape index (κ3) is 20.8. The number of rotatable bonds is 15. The summed E-state index contributed by atoms with van der Waals surface area (Å²) in [6.45, 7) is 0. The van der Waals surface area contributed by atoms with E-state index in [9.17, 15) is 9.36 Å². The van der Waals surface area contributed by atoms with Gasteiger partial charge in [-0.3, -0.25) is 4.57 Å². The van der Waals surface area contributed by atoms with Crippen molar-refractivity contribution in [2.24, 2.45) is 5.10 Å². The maximum atomic E-state index is 10.8. The molecule has 0 aliphatic heterocycles. The smallest absolute Gasteiger partial charge is 0.334 e. The van der Waals surface area contributed by atoms with Crippen LogP contribution in [0.4, 0.5) is 4.79 Å². The van der Waals surface area contributed by atoms with Crippen LogP contribution in [0.15, 0.2) is 17.3 Å². The minimum absolute atomic E-state index is 0.0221. The molecule has 2 amide bonds. The van der Waals surface area contributed by atoms with E-state index < -0.39 is 7.60 Å². The average molecular weight is 375 g/mol. The van der Waals surface area contributed by atoms with Crippen LogP contribution in [0.25, 0.3) is 0 Å². The van der Waals surface area contributed by atoms with E-state index >= 15 is 0 Å². The number of hydrazone groups is 1. The Bertz CT molecular complexity index is 436. The SMILES string of the molecule is CNC(=O)N/N=C\CCCC=CCCCCCCCCCP(=O)(O)O. The van der Waals surface area contributed by atoms with Gasteiger partial charge in [-0.25, -0.2) is 10.2 Å². The Labute approximate surface area is 151 Å². The zero-order valence-corrected chi connectivity index (χ0v) is 16.2. The van der Waals surface area contributed by atoms with Gasteiger partial charge in [0, 0.05) is 19.4 Å². The van der Waals surface area contributed by atoms with E-state index in [0.717, 1.165) is 44.9 Å². The second-order valence-electron chi connectivity index (χ2n) is 6.06. The average Bonchev–Trinajstić information content (AvgIpc) is 2.56. The van der Waals surface area contributed by atoms with E-state index in [2.05, 4.69) is 28.0 Å². The van der Waals surface area contributed by atoms with Gasteiger partial charge >= 0.3 is 13.6 Å². The molecule has 0 aliphatic rings. The molecule has 0 aromatic heterocycles. The van der Waals surface area contributed by atoms with Gasteiger partial charge in [-0.05, 0) is 38.5 Å². The number of hydrogen-bond donors (Lipinski definition) is 4. The highest BCUT2D eigenvalue weighted by Crippen LogP contribution is 2.35. The van der Waals surface area contributed by atoms with Crippen molar-refractivity contribution in [3.63, 3.8) is 0 Å². The summed E-state index contributed by atoms with van der Waals surface area (Å²) in [5.41, 5.74) is 2.35. The van der Waals surface area contributed by atoms with E-state index in [4.69, 9.17) is 9.79 Å². The maximum absolute atomic E-state index is 10.8. The van der Waals surface area contributed by atoms with E-state index in [1.165, 1.54) is 19.3 Å². The molecule has 0 saturated carbocycles. The van der Waals surface area contributed by atoms with Crippen molar-refractivity contribution in [1.82, 2.24) is 10.7 Å². The van der Waals surface area contributed by atoms with E-state index in [1.54, 1.807) is 13.3 Å². The Kier molecular flexibility index (Phi) is 15.5. The molecule has 0 spiro atoms. The summed E-state index contributed by atoms with van der Waals surface area (Å²) in [6.07, 6.45) is 17.5. The summed E-state index contributed by atoms with van der Waals surface area (Å²) in [4.78, 5) is 28.3. The molecule has 0 fully saturated rings. The highest BCUT2D eigenvalue weighted by molar-refractivity contribution is 7.51. The van der Waals surface area contributed by atoms with Crippen molar-refractivity contribution >= 4 is 19.8 Å². The van der Waals surface area contributed by atoms with Crippen molar-refractivity contribution in [3.05, 3.63) is 12.2 Å². The summed E-state index contributed by atoms with van der Waals surface area (Å²) in [7, 11) is -2.25. The predicted octanol–water partition coefficient (Wildman–Crippen LogP) is 3.93. The van der Waals surface area contributed by atoms with Crippen LogP contribution in [0, 0.1) is 0 Å². The van der Waals surface area contributed by atoms with Crippen molar-refractivity contribution in [3.8, 4) is 0 Å². The van der Waals surface area contributed by atoms with Gasteiger partial charge in [0.2, 0.25) is 0 Å². The Morgan fingerprint density at radius 1 is 0.920 bits per heavy atom. The fourth-order valence-electron chi connectivity index (χ4n) is 2.25. The summed E-state index contributed by atoms with van der Waals surface area (Å²) in [5.74, 6) is 0. The number of urea groups is 1. The quantitative estimate of drug-likeness (QED) is 0.114. The van der Waals surface area contributed by atoms with Gasteiger partial charge in [0.25, 0.3) is 0 Å². The summed E-state index contributed by atoms with van der Waals surface area (Å²) >= 11 is 0. The molecule has 0 rings (SSSR count). The van der Waals surface area contributed by atoms with Crippen LogP contribution >= 0.6 is 7.60 Å². The number of carbonyl (C=O) groups is 1. The molecule has 0 atom stereocenters. The van der Waals surface area contributed by atoms with Gasteiger partial charge in [-0.15, -0.1) is 0 Å². The third-order valence-electron chi connectivity index (χ3n) is 3.68. The largest absolute Gasteiger partial charge is 0.340 e. The lowest BCUT2D eigenvalue weighted by molar-refractivity contribution is 0.243. The first-order chi connectivity index (χ1) is 12.0. The topological polar surface area (TPSA) is 111 Å². The molecule has 0 radical (unpaired) electrons. The molecular weight excluding hydrogens is 341 g/mol. The second kappa shape index (κ2) is 16.3. The molecule has 0 heterocycles. The number of nitrogens with zero attached hydrogens (tertiary/aromatic N) is 1. The van der Waals surface area contributed by atoms with Gasteiger partial charge in [0.15, 0.2) is 0 Å². The standard InChI is InChI=1S/C17H34N3O4P/c1-18-17(21)20-19-15-13-11-9-7-5-3-2-4-6-8-10-12-14-16-25(22,23)24/h5,7,15H,2-4,6,8-14,16H2,1H3,(H2,18,20,21)(H2,22,23,24)/b7-5?,19-15-. The predicted molar refractivity (Wildman–Crippen MR) is 103 cm³/mol. The van der Waals surface area contributed by atoms with Crippen LogP contribution in [0.2, 0.25) is 0 Å². The summed E-state index contributed by atoms with van der Waals surface area (Å²) in [5, 5.41) is 6.22. The first-order valence-corrected chi connectivity index (χ1v) is 10.9. The van der Waals surface area contributed by atoms with Gasteiger partial charge in [0.1, 0.15) is 0 Å². The zero-order valence-electron chi connectivity index (χ0n) is 15.3. The Morgan fingerprint density at radius 2 is 1.48 bits per heavy atom. The van der Waals surface area contributed by atoms with Crippen molar-refractivity contribution in [1.29, 1.82) is 0 Å².